The van der Waals surface area contributed by atoms with Crippen molar-refractivity contribution in [3.63, 3.8) is 0 Å². The fraction of sp³-hybridized carbons (Fsp3) is 0.750. The number of carbonyl (C=O) groups is 2. The van der Waals surface area contributed by atoms with E-state index in [0.717, 1.165) is 64.2 Å². The number of carbonyl (C=O) groups excluding carboxylic acids is 1. The van der Waals surface area contributed by atoms with E-state index in [-0.39, 0.29) is 18.5 Å². The molecule has 4 heteroatoms. The number of unbranched alkanes of at least 4 members (excludes halogenated alkanes) is 13. The lowest BCUT2D eigenvalue weighted by atomic mass is 10.1. The number of aliphatic carboxylic acids is 1. The Morgan fingerprint density at radius 3 is 1.92 bits per heavy atom. The van der Waals surface area contributed by atoms with Gasteiger partial charge >= 0.3 is 11.9 Å². The molecule has 0 amide bonds. The van der Waals surface area contributed by atoms with E-state index in [9.17, 15) is 9.59 Å². The summed E-state index contributed by atoms with van der Waals surface area (Å²) in [7, 11) is 0. The zero-order chi connectivity index (χ0) is 26.5. The summed E-state index contributed by atoms with van der Waals surface area (Å²) in [5.74, 6) is -0.809. The largest absolute Gasteiger partial charge is 0.481 e. The molecular weight excluding hydrogens is 448 g/mol. The maximum Gasteiger partial charge on any atom is 0.306 e. The second-order valence-electron chi connectivity index (χ2n) is 9.93. The predicted octanol–water partition coefficient (Wildman–Crippen LogP) is 9.88. The van der Waals surface area contributed by atoms with E-state index in [4.69, 9.17) is 9.84 Å². The van der Waals surface area contributed by atoms with Gasteiger partial charge in [-0.05, 0) is 70.3 Å². The molecule has 0 aromatic heterocycles. The van der Waals surface area contributed by atoms with Gasteiger partial charge in [-0.2, -0.15) is 0 Å². The molecule has 0 saturated heterocycles. The molecule has 0 aromatic carbocycles. The summed E-state index contributed by atoms with van der Waals surface area (Å²) in [6, 6.07) is 0. The average molecular weight is 505 g/mol. The van der Waals surface area contributed by atoms with Gasteiger partial charge in [0.2, 0.25) is 0 Å². The molecule has 36 heavy (non-hydrogen) atoms. The molecule has 1 unspecified atom stereocenters. The van der Waals surface area contributed by atoms with Gasteiger partial charge in [0, 0.05) is 12.8 Å². The third kappa shape index (κ3) is 26.8. The summed E-state index contributed by atoms with van der Waals surface area (Å²) >= 11 is 0. The standard InChI is InChI=1S/C32H56O4/c1-3-5-7-9-11-12-13-14-15-16-17-19-25-29-32(35)36-30(26-22-18-10-8-6-4-2)27-23-20-21-24-28-31(33)34/h7,9,12-13,22,26,30H,3-6,8,10-11,14-21,23-25,27-29H2,1-2H3,(H,33,34)/b9-7-,13-12-,26-22-. The summed E-state index contributed by atoms with van der Waals surface area (Å²) < 4.78 is 5.80. The summed E-state index contributed by atoms with van der Waals surface area (Å²) in [5, 5.41) is 8.75. The molecule has 1 atom stereocenters. The summed E-state index contributed by atoms with van der Waals surface area (Å²) in [6.07, 6.45) is 34.5. The lowest BCUT2D eigenvalue weighted by Crippen LogP contribution is -2.16. The van der Waals surface area contributed by atoms with Crippen molar-refractivity contribution in [3.8, 4) is 0 Å². The smallest absolute Gasteiger partial charge is 0.306 e. The monoisotopic (exact) mass is 504 g/mol. The van der Waals surface area contributed by atoms with Gasteiger partial charge in [0.25, 0.3) is 0 Å². The van der Waals surface area contributed by atoms with E-state index in [1.807, 2.05) is 0 Å². The van der Waals surface area contributed by atoms with Crippen LogP contribution in [-0.2, 0) is 14.3 Å². The molecule has 4 nitrogen and oxygen atoms in total. The van der Waals surface area contributed by atoms with Crippen molar-refractivity contribution >= 4 is 11.9 Å². The molecule has 0 heterocycles. The highest BCUT2D eigenvalue weighted by Gasteiger charge is 2.11. The van der Waals surface area contributed by atoms with E-state index in [1.54, 1.807) is 0 Å². The Balaban J connectivity index is 4.05. The lowest BCUT2D eigenvalue weighted by Gasteiger charge is -2.15. The van der Waals surface area contributed by atoms with Crippen molar-refractivity contribution in [2.24, 2.45) is 0 Å². The van der Waals surface area contributed by atoms with Crippen molar-refractivity contribution in [3.05, 3.63) is 36.5 Å². The predicted molar refractivity (Wildman–Crippen MR) is 153 cm³/mol. The van der Waals surface area contributed by atoms with E-state index >= 15 is 0 Å². The first-order chi connectivity index (χ1) is 17.6. The van der Waals surface area contributed by atoms with Crippen LogP contribution in [0.5, 0.6) is 0 Å². The summed E-state index contributed by atoms with van der Waals surface area (Å²) in [5.41, 5.74) is 0. The van der Waals surface area contributed by atoms with Gasteiger partial charge in [-0.25, -0.2) is 0 Å². The first-order valence-electron chi connectivity index (χ1n) is 15.0. The number of ether oxygens (including phenoxy) is 1. The molecule has 0 spiro atoms. The van der Waals surface area contributed by atoms with Crippen molar-refractivity contribution in [1.82, 2.24) is 0 Å². The molecule has 208 valence electrons. The summed E-state index contributed by atoms with van der Waals surface area (Å²) in [4.78, 5) is 23.0. The molecule has 0 fully saturated rings. The van der Waals surface area contributed by atoms with Gasteiger partial charge < -0.3 is 9.84 Å². The SMILES string of the molecule is CCC/C=C\C/C=C\CCCCCCCC(=O)OC(/C=C\CCCCCC)CCCCCCC(=O)O. The highest BCUT2D eigenvalue weighted by Crippen LogP contribution is 2.14. The van der Waals surface area contributed by atoms with Crippen LogP contribution in [-0.4, -0.2) is 23.1 Å². The van der Waals surface area contributed by atoms with Gasteiger partial charge in [-0.15, -0.1) is 0 Å². The molecule has 0 aliphatic rings. The zero-order valence-electron chi connectivity index (χ0n) is 23.6. The van der Waals surface area contributed by atoms with Crippen LogP contribution in [0.1, 0.15) is 149 Å². The molecule has 1 N–H and O–H groups in total. The number of carboxylic acid groups (broad SMARTS) is 1. The van der Waals surface area contributed by atoms with Crippen LogP contribution in [0.3, 0.4) is 0 Å². The highest BCUT2D eigenvalue weighted by atomic mass is 16.5. The minimum absolute atomic E-state index is 0.0828. The van der Waals surface area contributed by atoms with Crippen molar-refractivity contribution < 1.29 is 19.4 Å². The van der Waals surface area contributed by atoms with Crippen molar-refractivity contribution in [1.29, 1.82) is 0 Å². The fourth-order valence-electron chi connectivity index (χ4n) is 4.07. The average Bonchev–Trinajstić information content (AvgIpc) is 2.85. The quantitative estimate of drug-likeness (QED) is 0.0723. The van der Waals surface area contributed by atoms with E-state index in [1.165, 1.54) is 57.8 Å². The first-order valence-corrected chi connectivity index (χ1v) is 15.0. The minimum atomic E-state index is -0.726. The van der Waals surface area contributed by atoms with Crippen LogP contribution < -0.4 is 0 Å². The number of hydrogen-bond acceptors (Lipinski definition) is 3. The van der Waals surface area contributed by atoms with E-state index in [2.05, 4.69) is 50.3 Å². The van der Waals surface area contributed by atoms with Crippen molar-refractivity contribution in [2.75, 3.05) is 0 Å². The Labute approximate surface area is 222 Å². The van der Waals surface area contributed by atoms with E-state index in [0.29, 0.717) is 6.42 Å². The van der Waals surface area contributed by atoms with Crippen LogP contribution in [0.25, 0.3) is 0 Å². The maximum atomic E-state index is 12.4. The molecule has 0 bridgehead atoms. The number of allylic oxidation sites excluding steroid dienone is 5. The zero-order valence-corrected chi connectivity index (χ0v) is 23.6. The molecule has 0 saturated carbocycles. The van der Waals surface area contributed by atoms with Gasteiger partial charge in [0.15, 0.2) is 0 Å². The number of hydrogen-bond donors (Lipinski definition) is 1. The molecule has 0 aromatic rings. The van der Waals surface area contributed by atoms with Crippen molar-refractivity contribution in [2.45, 2.75) is 155 Å². The normalized spacial score (nSPS) is 12.7. The van der Waals surface area contributed by atoms with E-state index < -0.39 is 5.97 Å². The molecule has 0 radical (unpaired) electrons. The molecule has 0 rings (SSSR count). The first kappa shape index (κ1) is 34.2. The highest BCUT2D eigenvalue weighted by molar-refractivity contribution is 5.69. The van der Waals surface area contributed by atoms with Crippen LogP contribution >= 0.6 is 0 Å². The Morgan fingerprint density at radius 2 is 1.22 bits per heavy atom. The molecule has 0 aliphatic carbocycles. The summed E-state index contributed by atoms with van der Waals surface area (Å²) in [6.45, 7) is 4.42. The van der Waals surface area contributed by atoms with Gasteiger partial charge in [0.05, 0.1) is 0 Å². The minimum Gasteiger partial charge on any atom is -0.481 e. The third-order valence-corrected chi connectivity index (χ3v) is 6.30. The molecular formula is C32H56O4. The van der Waals surface area contributed by atoms with Crippen LogP contribution in [0.2, 0.25) is 0 Å². The number of esters is 1. The Bertz CT molecular complexity index is 591. The Morgan fingerprint density at radius 1 is 0.639 bits per heavy atom. The lowest BCUT2D eigenvalue weighted by molar-refractivity contribution is -0.147. The van der Waals surface area contributed by atoms with Crippen LogP contribution in [0, 0.1) is 0 Å². The third-order valence-electron chi connectivity index (χ3n) is 6.30. The van der Waals surface area contributed by atoms with Crippen LogP contribution in [0.15, 0.2) is 36.5 Å². The second kappa shape index (κ2) is 27.7. The topological polar surface area (TPSA) is 63.6 Å². The Kier molecular flexibility index (Phi) is 26.3. The fourth-order valence-corrected chi connectivity index (χ4v) is 4.07. The van der Waals surface area contributed by atoms with Gasteiger partial charge in [0.1, 0.15) is 6.10 Å². The maximum absolute atomic E-state index is 12.4. The second-order valence-corrected chi connectivity index (χ2v) is 9.93. The Hall–Kier alpha value is -1.84. The number of carboxylic acids is 1. The van der Waals surface area contributed by atoms with Crippen LogP contribution in [0.4, 0.5) is 0 Å². The van der Waals surface area contributed by atoms with Gasteiger partial charge in [-0.1, -0.05) is 102 Å². The molecule has 0 aliphatic heterocycles. The van der Waals surface area contributed by atoms with Gasteiger partial charge in [-0.3, -0.25) is 9.59 Å². The number of rotatable bonds is 26.